The van der Waals surface area contributed by atoms with Crippen LogP contribution in [0.2, 0.25) is 0 Å². The van der Waals surface area contributed by atoms with E-state index in [-0.39, 0.29) is 46.7 Å². The predicted octanol–water partition coefficient (Wildman–Crippen LogP) is 0.505. The summed E-state index contributed by atoms with van der Waals surface area (Å²) in [5.74, 6) is 1.40. The van der Waals surface area contributed by atoms with Crippen LogP contribution in [0.1, 0.15) is 137 Å². The van der Waals surface area contributed by atoms with Crippen LogP contribution in [0.3, 0.4) is 0 Å². The zero-order chi connectivity index (χ0) is 25.3. The summed E-state index contributed by atoms with van der Waals surface area (Å²) >= 11 is 2.40. The Labute approximate surface area is 269 Å². The molecule has 0 fully saturated rings. The molecule has 1 unspecified atom stereocenters. The van der Waals surface area contributed by atoms with Crippen LogP contribution in [-0.4, -0.2) is 9.52 Å². The van der Waals surface area contributed by atoms with Crippen molar-refractivity contribution in [3.05, 3.63) is 50.6 Å². The summed E-state index contributed by atoms with van der Waals surface area (Å²) < 4.78 is 1.62. The molecule has 0 bridgehead atoms. The maximum absolute atomic E-state index is 2.43. The summed E-state index contributed by atoms with van der Waals surface area (Å²) in [6.45, 7) is 9.55. The summed E-state index contributed by atoms with van der Waals surface area (Å²) in [4.78, 5) is 0. The molecule has 1 atom stereocenters. The maximum Gasteiger partial charge on any atom is -1.00 e. The van der Waals surface area contributed by atoms with Crippen molar-refractivity contribution in [2.45, 2.75) is 137 Å². The van der Waals surface area contributed by atoms with Gasteiger partial charge in [0.25, 0.3) is 0 Å². The molecule has 0 amide bonds. The van der Waals surface area contributed by atoms with Crippen molar-refractivity contribution in [1.29, 1.82) is 0 Å². The molecule has 0 saturated heterocycles. The molecule has 0 nitrogen and oxygen atoms in total. The average molecular weight is 634 g/mol. The monoisotopic (exact) mass is 632 g/mol. The van der Waals surface area contributed by atoms with Gasteiger partial charge in [-0.3, -0.25) is 0 Å². The van der Waals surface area contributed by atoms with Crippen molar-refractivity contribution in [2.75, 3.05) is 0 Å². The SMILES string of the molecule is CCCCCCCCCCCCCCCCCCC1C(C)=[C]([Ti+3])C(C(C)C)=C1[SiH2]c1ccccc1.[Cl-].[Cl-].[Cl-]. The van der Waals surface area contributed by atoms with Crippen LogP contribution < -0.4 is 42.4 Å². The van der Waals surface area contributed by atoms with E-state index in [1.807, 2.05) is 5.20 Å². The van der Waals surface area contributed by atoms with Crippen molar-refractivity contribution in [1.82, 2.24) is 0 Å². The molecule has 0 aromatic heterocycles. The van der Waals surface area contributed by atoms with Gasteiger partial charge in [0.2, 0.25) is 0 Å². The molecule has 1 aromatic carbocycles. The summed E-state index contributed by atoms with van der Waals surface area (Å²) in [7, 11) is -0.365. The first-order valence-electron chi connectivity index (χ1n) is 15.3. The van der Waals surface area contributed by atoms with Crippen molar-refractivity contribution < 1.29 is 57.7 Å². The largest absolute Gasteiger partial charge is 1.00 e. The van der Waals surface area contributed by atoms with Gasteiger partial charge in [0.15, 0.2) is 0 Å². The van der Waals surface area contributed by atoms with Gasteiger partial charge in [-0.15, -0.1) is 0 Å². The quantitative estimate of drug-likeness (QED) is 0.145. The normalized spacial score (nSPS) is 15.3. The second kappa shape index (κ2) is 25.2. The summed E-state index contributed by atoms with van der Waals surface area (Å²) in [6.07, 6.45) is 24.6. The van der Waals surface area contributed by atoms with Crippen LogP contribution in [0.4, 0.5) is 0 Å². The van der Waals surface area contributed by atoms with Gasteiger partial charge in [-0.1, -0.05) is 58.3 Å². The van der Waals surface area contributed by atoms with Gasteiger partial charge in [-0.2, -0.15) is 0 Å². The molecule has 0 aliphatic heterocycles. The molecular formula is C33H55Cl3SiTi. The first kappa shape index (κ1) is 40.6. The van der Waals surface area contributed by atoms with E-state index >= 15 is 0 Å². The molecule has 2 rings (SSSR count). The van der Waals surface area contributed by atoms with E-state index in [9.17, 15) is 0 Å². The smallest absolute Gasteiger partial charge is 1.00 e. The van der Waals surface area contributed by atoms with E-state index in [1.165, 1.54) is 109 Å². The summed E-state index contributed by atoms with van der Waals surface area (Å²) in [5, 5.41) is 3.47. The Balaban J connectivity index is 0. The molecule has 38 heavy (non-hydrogen) atoms. The Kier molecular flexibility index (Phi) is 27.0. The number of hydrogen-bond acceptors (Lipinski definition) is 0. The van der Waals surface area contributed by atoms with Gasteiger partial charge in [-0.25, -0.2) is 0 Å². The van der Waals surface area contributed by atoms with Gasteiger partial charge >= 0.3 is 176 Å². The minimum absolute atomic E-state index is 0. The standard InChI is InChI=1S/C33H55Si.3ClH.Ti/c1-5-6-7-8-9-10-11-12-13-14-15-16-17-18-19-23-26-31-29(4)27-32(28(2)3)33(31)34-30-24-21-20-22-25-30;;;;/h20-22,24-25,28,31H,5-19,23,26,34H2,1-4H3;3*1H;/q;;;;+3/p-3. The molecular weight excluding hydrogens is 579 g/mol. The van der Waals surface area contributed by atoms with E-state index in [1.54, 1.807) is 20.2 Å². The van der Waals surface area contributed by atoms with Gasteiger partial charge in [-0.05, 0) is 0 Å². The van der Waals surface area contributed by atoms with Crippen molar-refractivity contribution in [3.8, 4) is 0 Å². The number of allylic oxidation sites excluding steroid dienone is 4. The second-order valence-electron chi connectivity index (χ2n) is 11.5. The molecule has 1 aromatic rings. The first-order chi connectivity index (χ1) is 17.1. The Morgan fingerprint density at radius 3 is 1.53 bits per heavy atom. The van der Waals surface area contributed by atoms with Crippen molar-refractivity contribution in [2.24, 2.45) is 11.8 Å². The maximum atomic E-state index is 2.43. The second-order valence-corrected chi connectivity index (χ2v) is 14.2. The van der Waals surface area contributed by atoms with E-state index in [2.05, 4.69) is 78.5 Å². The molecule has 0 spiro atoms. The fourth-order valence-corrected chi connectivity index (χ4v) is 9.71. The third-order valence-electron chi connectivity index (χ3n) is 8.11. The topological polar surface area (TPSA) is 0 Å². The molecule has 0 radical (unpaired) electrons. The van der Waals surface area contributed by atoms with Gasteiger partial charge in [0, 0.05) is 0 Å². The van der Waals surface area contributed by atoms with Crippen LogP contribution in [0.5, 0.6) is 0 Å². The first-order valence-corrected chi connectivity index (χ1v) is 17.4. The van der Waals surface area contributed by atoms with Crippen LogP contribution in [0.25, 0.3) is 0 Å². The molecule has 1 aliphatic rings. The van der Waals surface area contributed by atoms with E-state index in [0.717, 1.165) is 5.92 Å². The van der Waals surface area contributed by atoms with E-state index < -0.39 is 0 Å². The third kappa shape index (κ3) is 15.5. The van der Waals surface area contributed by atoms with Crippen LogP contribution in [0, 0.1) is 11.8 Å². The fraction of sp³-hybridized carbons (Fsp3) is 0.697. The predicted molar refractivity (Wildman–Crippen MR) is 157 cm³/mol. The average Bonchev–Trinajstić information content (AvgIpc) is 3.08. The molecule has 0 heterocycles. The Hall–Kier alpha value is 0.501. The molecule has 5 heteroatoms. The van der Waals surface area contributed by atoms with Crippen LogP contribution in [0.15, 0.2) is 50.6 Å². The molecule has 216 valence electrons. The van der Waals surface area contributed by atoms with Crippen LogP contribution in [-0.2, 0) is 20.4 Å². The summed E-state index contributed by atoms with van der Waals surface area (Å²) in [6, 6.07) is 11.3. The Bertz CT molecular complexity index is 761. The zero-order valence-electron chi connectivity index (χ0n) is 24.9. The minimum Gasteiger partial charge on any atom is -1.00 e. The van der Waals surface area contributed by atoms with E-state index in [0.29, 0.717) is 5.92 Å². The van der Waals surface area contributed by atoms with Gasteiger partial charge in [0.05, 0.1) is 0 Å². The van der Waals surface area contributed by atoms with Crippen LogP contribution >= 0.6 is 0 Å². The Morgan fingerprint density at radius 1 is 0.684 bits per heavy atom. The van der Waals surface area contributed by atoms with Gasteiger partial charge in [0.1, 0.15) is 0 Å². The van der Waals surface area contributed by atoms with Gasteiger partial charge < -0.3 is 37.2 Å². The zero-order valence-corrected chi connectivity index (χ0v) is 30.1. The Morgan fingerprint density at radius 2 is 1.11 bits per heavy atom. The number of unbranched alkanes of at least 4 members (excludes halogenated alkanes) is 15. The minimum atomic E-state index is -0.365. The third-order valence-corrected chi connectivity index (χ3v) is 11.3. The number of rotatable bonds is 20. The number of hydrogen-bond donors (Lipinski definition) is 0. The van der Waals surface area contributed by atoms with Crippen molar-refractivity contribution in [3.63, 3.8) is 0 Å². The summed E-state index contributed by atoms with van der Waals surface area (Å²) in [5.41, 5.74) is 3.41. The molecule has 0 N–H and O–H groups in total. The van der Waals surface area contributed by atoms with E-state index in [4.69, 9.17) is 0 Å². The fourth-order valence-electron chi connectivity index (χ4n) is 5.98. The van der Waals surface area contributed by atoms with Crippen molar-refractivity contribution >= 4 is 14.7 Å². The molecule has 0 saturated carbocycles. The number of benzene rings is 1. The number of halogens is 3. The molecule has 1 aliphatic carbocycles.